The maximum absolute atomic E-state index is 12.9. The van der Waals surface area contributed by atoms with Gasteiger partial charge >= 0.3 is 0 Å². The minimum atomic E-state index is -3.55. The van der Waals surface area contributed by atoms with Crippen LogP contribution in [0.4, 0.5) is 5.69 Å². The van der Waals surface area contributed by atoms with Crippen molar-refractivity contribution < 1.29 is 17.9 Å². The number of amides is 1. The van der Waals surface area contributed by atoms with Crippen LogP contribution in [0, 0.1) is 11.8 Å². The van der Waals surface area contributed by atoms with E-state index in [9.17, 15) is 13.2 Å². The molecule has 0 radical (unpaired) electrons. The zero-order valence-electron chi connectivity index (χ0n) is 13.6. The summed E-state index contributed by atoms with van der Waals surface area (Å²) in [6.07, 6.45) is 0.415. The average molecular weight is 338 g/mol. The number of benzene rings is 1. The predicted octanol–water partition coefficient (Wildman–Crippen LogP) is 2.07. The van der Waals surface area contributed by atoms with Crippen molar-refractivity contribution in [2.75, 3.05) is 18.4 Å². The van der Waals surface area contributed by atoms with Gasteiger partial charge in [0.2, 0.25) is 10.0 Å². The van der Waals surface area contributed by atoms with Gasteiger partial charge in [-0.2, -0.15) is 4.31 Å². The summed E-state index contributed by atoms with van der Waals surface area (Å²) in [6.45, 7) is 6.86. The van der Waals surface area contributed by atoms with E-state index in [2.05, 4.69) is 19.2 Å². The molecule has 7 heteroatoms. The van der Waals surface area contributed by atoms with Crippen molar-refractivity contribution in [3.05, 3.63) is 18.2 Å². The molecule has 0 aromatic heterocycles. The topological polar surface area (TPSA) is 75.7 Å². The Morgan fingerprint density at radius 3 is 2.48 bits per heavy atom. The number of sulfonamides is 1. The molecular formula is C16H22N2O4S. The molecule has 0 unspecified atom stereocenters. The van der Waals surface area contributed by atoms with Crippen molar-refractivity contribution in [3.63, 3.8) is 0 Å². The first-order valence-electron chi connectivity index (χ1n) is 7.89. The summed E-state index contributed by atoms with van der Waals surface area (Å²) < 4.78 is 32.9. The third-order valence-electron chi connectivity index (χ3n) is 4.36. The highest BCUT2D eigenvalue weighted by atomic mass is 32.2. The Bertz CT molecular complexity index is 722. The zero-order chi connectivity index (χ0) is 16.8. The Balaban J connectivity index is 1.92. The highest BCUT2D eigenvalue weighted by molar-refractivity contribution is 7.89. The van der Waals surface area contributed by atoms with E-state index >= 15 is 0 Å². The summed E-state index contributed by atoms with van der Waals surface area (Å²) in [5, 5.41) is 2.71. The summed E-state index contributed by atoms with van der Waals surface area (Å²) in [6, 6.07) is 4.62. The number of carbonyl (C=O) groups excluding carboxylic acids is 1. The van der Waals surface area contributed by atoms with Crippen LogP contribution < -0.4 is 10.1 Å². The van der Waals surface area contributed by atoms with Crippen LogP contribution >= 0.6 is 0 Å². The summed E-state index contributed by atoms with van der Waals surface area (Å²) in [4.78, 5) is 11.8. The molecule has 3 atom stereocenters. The first-order chi connectivity index (χ1) is 10.8. The molecule has 0 saturated carbocycles. The van der Waals surface area contributed by atoms with Gasteiger partial charge in [0.1, 0.15) is 5.75 Å². The summed E-state index contributed by atoms with van der Waals surface area (Å²) in [5.74, 6) is 0.867. The lowest BCUT2D eigenvalue weighted by Crippen LogP contribution is -2.42. The fourth-order valence-corrected chi connectivity index (χ4v) is 4.99. The van der Waals surface area contributed by atoms with Crippen molar-refractivity contribution in [1.29, 1.82) is 0 Å². The van der Waals surface area contributed by atoms with Crippen LogP contribution in [-0.2, 0) is 14.8 Å². The number of hydrogen-bond acceptors (Lipinski definition) is 4. The molecule has 1 amide bonds. The lowest BCUT2D eigenvalue weighted by Gasteiger charge is -2.34. The highest BCUT2D eigenvalue weighted by Gasteiger charge is 2.33. The van der Waals surface area contributed by atoms with Crippen molar-refractivity contribution >= 4 is 21.6 Å². The van der Waals surface area contributed by atoms with E-state index in [0.717, 1.165) is 6.42 Å². The second-order valence-electron chi connectivity index (χ2n) is 6.68. The quantitative estimate of drug-likeness (QED) is 0.896. The largest absolute Gasteiger partial charge is 0.479 e. The van der Waals surface area contributed by atoms with Gasteiger partial charge in [-0.3, -0.25) is 4.79 Å². The molecule has 0 aliphatic carbocycles. The van der Waals surface area contributed by atoms with E-state index < -0.39 is 16.1 Å². The number of fused-ring (bicyclic) bond motifs is 1. The Morgan fingerprint density at radius 1 is 1.17 bits per heavy atom. The Labute approximate surface area is 136 Å². The van der Waals surface area contributed by atoms with E-state index in [4.69, 9.17) is 4.74 Å². The Kier molecular flexibility index (Phi) is 4.10. The van der Waals surface area contributed by atoms with Crippen LogP contribution in [0.1, 0.15) is 27.2 Å². The van der Waals surface area contributed by atoms with E-state index in [1.54, 1.807) is 17.3 Å². The molecule has 2 aliphatic rings. The van der Waals surface area contributed by atoms with Gasteiger partial charge in [0.05, 0.1) is 10.6 Å². The van der Waals surface area contributed by atoms with Gasteiger partial charge in [-0.15, -0.1) is 0 Å². The number of nitrogens with zero attached hydrogens (tertiary/aromatic N) is 1. The second kappa shape index (κ2) is 5.79. The van der Waals surface area contributed by atoms with Crippen molar-refractivity contribution in [1.82, 2.24) is 4.31 Å². The molecule has 1 saturated heterocycles. The van der Waals surface area contributed by atoms with Crippen molar-refractivity contribution in [3.8, 4) is 5.75 Å². The smallest absolute Gasteiger partial charge is 0.265 e. The number of ether oxygens (including phenoxy) is 1. The first-order valence-corrected chi connectivity index (χ1v) is 9.33. The van der Waals surface area contributed by atoms with Gasteiger partial charge < -0.3 is 10.1 Å². The molecule has 23 heavy (non-hydrogen) atoms. The third kappa shape index (κ3) is 3.07. The number of anilines is 1. The lowest BCUT2D eigenvalue weighted by atomic mass is 9.94. The number of nitrogens with one attached hydrogen (secondary N) is 1. The van der Waals surface area contributed by atoms with Crippen LogP contribution in [0.25, 0.3) is 0 Å². The lowest BCUT2D eigenvalue weighted by molar-refractivity contribution is -0.122. The standard InChI is InChI=1S/C16H22N2O4S/c1-10-6-11(2)9-18(8-10)23(20,21)13-4-5-14-15(7-13)22-12(3)16(19)17-14/h4-5,7,10-12H,6,8-9H2,1-3H3,(H,17,19)/t10-,11-,12+/m1/s1. The van der Waals surface area contributed by atoms with E-state index in [-0.39, 0.29) is 10.8 Å². The van der Waals surface area contributed by atoms with Gasteiger partial charge in [0.15, 0.2) is 6.10 Å². The summed E-state index contributed by atoms with van der Waals surface area (Å²) in [5.41, 5.74) is 0.507. The average Bonchev–Trinajstić information content (AvgIpc) is 2.47. The summed E-state index contributed by atoms with van der Waals surface area (Å²) >= 11 is 0. The second-order valence-corrected chi connectivity index (χ2v) is 8.61. The molecule has 3 rings (SSSR count). The van der Waals surface area contributed by atoms with Crippen LogP contribution in [0.5, 0.6) is 5.75 Å². The highest BCUT2D eigenvalue weighted by Crippen LogP contribution is 2.34. The fraction of sp³-hybridized carbons (Fsp3) is 0.562. The molecular weight excluding hydrogens is 316 g/mol. The molecule has 1 aromatic carbocycles. The third-order valence-corrected chi connectivity index (χ3v) is 6.18. The van der Waals surface area contributed by atoms with Crippen LogP contribution in [0.2, 0.25) is 0 Å². The van der Waals surface area contributed by atoms with Crippen LogP contribution in [-0.4, -0.2) is 37.8 Å². The van der Waals surface area contributed by atoms with Crippen LogP contribution in [0.3, 0.4) is 0 Å². The molecule has 1 aromatic rings. The Hall–Kier alpha value is -1.60. The molecule has 2 aliphatic heterocycles. The van der Waals surface area contributed by atoms with Gasteiger partial charge in [-0.05, 0) is 37.3 Å². The minimum Gasteiger partial charge on any atom is -0.479 e. The van der Waals surface area contributed by atoms with Gasteiger partial charge in [0.25, 0.3) is 5.91 Å². The molecule has 1 fully saturated rings. The minimum absolute atomic E-state index is 0.209. The molecule has 2 heterocycles. The SMILES string of the molecule is C[C@@H]1C[C@@H](C)CN(S(=O)(=O)c2ccc3c(c2)O[C@@H](C)C(=O)N3)C1. The van der Waals surface area contributed by atoms with E-state index in [1.807, 2.05) is 0 Å². The van der Waals surface area contributed by atoms with Crippen molar-refractivity contribution in [2.45, 2.75) is 38.2 Å². The van der Waals surface area contributed by atoms with Gasteiger partial charge in [-0.1, -0.05) is 13.8 Å². The predicted molar refractivity (Wildman–Crippen MR) is 86.9 cm³/mol. The van der Waals surface area contributed by atoms with E-state index in [1.165, 1.54) is 12.1 Å². The normalized spacial score (nSPS) is 28.7. The maximum atomic E-state index is 12.9. The molecule has 0 bridgehead atoms. The molecule has 126 valence electrons. The fourth-order valence-electron chi connectivity index (χ4n) is 3.29. The number of piperidine rings is 1. The van der Waals surface area contributed by atoms with E-state index in [0.29, 0.717) is 36.4 Å². The van der Waals surface area contributed by atoms with Crippen molar-refractivity contribution in [2.24, 2.45) is 11.8 Å². The zero-order valence-corrected chi connectivity index (χ0v) is 14.4. The van der Waals surface area contributed by atoms with Gasteiger partial charge in [0, 0.05) is 19.2 Å². The molecule has 0 spiro atoms. The number of rotatable bonds is 2. The number of carbonyl (C=O) groups is 1. The molecule has 1 N–H and O–H groups in total. The van der Waals surface area contributed by atoms with Crippen LogP contribution in [0.15, 0.2) is 23.1 Å². The monoisotopic (exact) mass is 338 g/mol. The first kappa shape index (κ1) is 16.3. The van der Waals surface area contributed by atoms with Gasteiger partial charge in [-0.25, -0.2) is 8.42 Å². The summed E-state index contributed by atoms with van der Waals surface area (Å²) in [7, 11) is -3.55. The molecule has 6 nitrogen and oxygen atoms in total. The Morgan fingerprint density at radius 2 is 1.83 bits per heavy atom. The maximum Gasteiger partial charge on any atom is 0.265 e. The number of hydrogen-bond donors (Lipinski definition) is 1.